The summed E-state index contributed by atoms with van der Waals surface area (Å²) in [4.78, 5) is 0.0313. The third-order valence-corrected chi connectivity index (χ3v) is 5.53. The summed E-state index contributed by atoms with van der Waals surface area (Å²) in [7, 11) is -3.37. The molecule has 0 aromatic carbocycles. The van der Waals surface area contributed by atoms with Crippen molar-refractivity contribution >= 4 is 27.2 Å². The average molecular weight is 278 g/mol. The summed E-state index contributed by atoms with van der Waals surface area (Å²) in [5, 5.41) is 0. The molecule has 17 heavy (non-hydrogen) atoms. The van der Waals surface area contributed by atoms with Gasteiger partial charge in [-0.3, -0.25) is 0 Å². The van der Waals surface area contributed by atoms with E-state index in [4.69, 9.17) is 22.7 Å². The number of ether oxygens (including phenoxy) is 1. The number of nitrogens with two attached hydrogens (primary N) is 1. The van der Waals surface area contributed by atoms with Crippen LogP contribution in [-0.2, 0) is 14.8 Å². The van der Waals surface area contributed by atoms with Crippen molar-refractivity contribution in [2.45, 2.75) is 37.8 Å². The van der Waals surface area contributed by atoms with Crippen LogP contribution in [0.4, 0.5) is 0 Å². The highest BCUT2D eigenvalue weighted by Gasteiger charge is 2.40. The fourth-order valence-corrected chi connectivity index (χ4v) is 4.65. The highest BCUT2D eigenvalue weighted by atomic mass is 32.2. The average Bonchev–Trinajstić information content (AvgIpc) is 2.26. The van der Waals surface area contributed by atoms with Crippen molar-refractivity contribution in [2.75, 3.05) is 18.9 Å². The van der Waals surface area contributed by atoms with Crippen LogP contribution in [-0.4, -0.2) is 48.8 Å². The minimum atomic E-state index is -3.37. The van der Waals surface area contributed by atoms with E-state index >= 15 is 0 Å². The molecule has 1 aliphatic heterocycles. The van der Waals surface area contributed by atoms with E-state index < -0.39 is 10.0 Å². The molecule has 2 rings (SSSR count). The molecule has 5 nitrogen and oxygen atoms in total. The Morgan fingerprint density at radius 1 is 1.41 bits per heavy atom. The van der Waals surface area contributed by atoms with Gasteiger partial charge in [0.15, 0.2) is 0 Å². The second-order valence-electron chi connectivity index (χ2n) is 4.59. The molecule has 7 heteroatoms. The molecule has 98 valence electrons. The molecule has 0 aromatic heterocycles. The van der Waals surface area contributed by atoms with Crippen molar-refractivity contribution in [1.29, 1.82) is 0 Å². The van der Waals surface area contributed by atoms with Crippen LogP contribution in [0.5, 0.6) is 0 Å². The molecular formula is C10H18N2O3S2. The van der Waals surface area contributed by atoms with Crippen LogP contribution in [0.25, 0.3) is 0 Å². The molecule has 1 aliphatic carbocycles. The van der Waals surface area contributed by atoms with E-state index in [1.165, 1.54) is 0 Å². The van der Waals surface area contributed by atoms with Crippen molar-refractivity contribution < 1.29 is 13.2 Å². The van der Waals surface area contributed by atoms with Crippen molar-refractivity contribution in [1.82, 2.24) is 4.31 Å². The molecule has 1 saturated heterocycles. The van der Waals surface area contributed by atoms with E-state index in [2.05, 4.69) is 0 Å². The molecule has 2 N–H and O–H groups in total. The van der Waals surface area contributed by atoms with Gasteiger partial charge >= 0.3 is 0 Å². The summed E-state index contributed by atoms with van der Waals surface area (Å²) in [6.07, 6.45) is 4.05. The molecule has 0 aromatic rings. The van der Waals surface area contributed by atoms with Gasteiger partial charge in [0.2, 0.25) is 10.0 Å². The van der Waals surface area contributed by atoms with Gasteiger partial charge in [-0.25, -0.2) is 8.42 Å². The predicted octanol–water partition coefficient (Wildman–Crippen LogP) is 0.246. The lowest BCUT2D eigenvalue weighted by atomic mass is 9.91. The van der Waals surface area contributed by atoms with Crippen LogP contribution in [0.3, 0.4) is 0 Å². The van der Waals surface area contributed by atoms with Crippen LogP contribution >= 0.6 is 12.2 Å². The number of sulfonamides is 1. The molecule has 2 unspecified atom stereocenters. The minimum absolute atomic E-state index is 0.0168. The maximum absolute atomic E-state index is 12.2. The fourth-order valence-electron chi connectivity index (χ4n) is 2.67. The summed E-state index contributed by atoms with van der Waals surface area (Å²) >= 11 is 4.70. The van der Waals surface area contributed by atoms with E-state index in [-0.39, 0.29) is 22.9 Å². The Hall–Kier alpha value is -0.240. The van der Waals surface area contributed by atoms with E-state index in [1.807, 2.05) is 0 Å². The lowest BCUT2D eigenvalue weighted by Gasteiger charge is -2.42. The summed E-state index contributed by atoms with van der Waals surface area (Å²) < 4.78 is 31.5. The van der Waals surface area contributed by atoms with E-state index in [0.29, 0.717) is 13.2 Å². The fraction of sp³-hybridized carbons (Fsp3) is 0.900. The van der Waals surface area contributed by atoms with Gasteiger partial charge in [0.05, 0.1) is 23.7 Å². The van der Waals surface area contributed by atoms with Crippen molar-refractivity contribution in [2.24, 2.45) is 5.73 Å². The number of nitrogens with zero attached hydrogens (tertiary/aromatic N) is 1. The first-order chi connectivity index (χ1) is 8.00. The smallest absolute Gasteiger partial charge is 0.221 e. The first kappa shape index (κ1) is 13.2. The Kier molecular flexibility index (Phi) is 4.02. The van der Waals surface area contributed by atoms with Gasteiger partial charge in [0.1, 0.15) is 5.75 Å². The van der Waals surface area contributed by atoms with Crippen LogP contribution in [0.15, 0.2) is 0 Å². The molecule has 2 fully saturated rings. The Balaban J connectivity index is 2.15. The molecule has 0 radical (unpaired) electrons. The number of hydrogen-bond acceptors (Lipinski definition) is 4. The minimum Gasteiger partial charge on any atom is -0.392 e. The second-order valence-corrected chi connectivity index (χ2v) is 7.04. The monoisotopic (exact) mass is 278 g/mol. The maximum Gasteiger partial charge on any atom is 0.221 e. The van der Waals surface area contributed by atoms with Crippen LogP contribution in [0, 0.1) is 0 Å². The lowest BCUT2D eigenvalue weighted by Crippen LogP contribution is -2.55. The SMILES string of the molecule is NC(=S)CS(=O)(=O)N1CCOC2CCCCC21. The van der Waals surface area contributed by atoms with Gasteiger partial charge in [-0.15, -0.1) is 0 Å². The number of rotatable bonds is 3. The molecule has 2 aliphatic rings. The predicted molar refractivity (Wildman–Crippen MR) is 69.3 cm³/mol. The second kappa shape index (κ2) is 5.17. The van der Waals surface area contributed by atoms with Gasteiger partial charge in [-0.1, -0.05) is 25.1 Å². The Morgan fingerprint density at radius 2 is 2.12 bits per heavy atom. The first-order valence-electron chi connectivity index (χ1n) is 5.90. The molecule has 0 bridgehead atoms. The van der Waals surface area contributed by atoms with E-state index in [1.54, 1.807) is 4.31 Å². The van der Waals surface area contributed by atoms with Gasteiger partial charge < -0.3 is 10.5 Å². The number of hydrogen-bond donors (Lipinski definition) is 1. The molecule has 0 amide bonds. The summed E-state index contributed by atoms with van der Waals surface area (Å²) in [6.45, 7) is 0.893. The maximum atomic E-state index is 12.2. The molecule has 1 saturated carbocycles. The van der Waals surface area contributed by atoms with Crippen molar-refractivity contribution in [3.8, 4) is 0 Å². The van der Waals surface area contributed by atoms with Gasteiger partial charge in [0, 0.05) is 6.54 Å². The largest absolute Gasteiger partial charge is 0.392 e. The topological polar surface area (TPSA) is 72.6 Å². The van der Waals surface area contributed by atoms with E-state index in [0.717, 1.165) is 25.7 Å². The standard InChI is InChI=1S/C10H18N2O3S2/c11-10(16)7-17(13,14)12-5-6-15-9-4-2-1-3-8(9)12/h8-9H,1-7H2,(H2,11,16). The van der Waals surface area contributed by atoms with Crippen LogP contribution < -0.4 is 5.73 Å². The van der Waals surface area contributed by atoms with Gasteiger partial charge in [-0.2, -0.15) is 4.31 Å². The molecule has 1 heterocycles. The van der Waals surface area contributed by atoms with Crippen molar-refractivity contribution in [3.05, 3.63) is 0 Å². The highest BCUT2D eigenvalue weighted by molar-refractivity contribution is 7.92. The molecule has 0 spiro atoms. The number of thiocarbonyl (C=S) groups is 1. The molecule has 2 atom stereocenters. The third-order valence-electron chi connectivity index (χ3n) is 3.36. The number of morpholine rings is 1. The summed E-state index contributed by atoms with van der Waals surface area (Å²) in [5.74, 6) is -0.231. The van der Waals surface area contributed by atoms with Crippen molar-refractivity contribution in [3.63, 3.8) is 0 Å². The lowest BCUT2D eigenvalue weighted by molar-refractivity contribution is -0.0584. The third kappa shape index (κ3) is 2.96. The zero-order chi connectivity index (χ0) is 12.5. The quantitative estimate of drug-likeness (QED) is 0.749. The highest BCUT2D eigenvalue weighted by Crippen LogP contribution is 2.30. The van der Waals surface area contributed by atoms with Crippen LogP contribution in [0.2, 0.25) is 0 Å². The normalized spacial score (nSPS) is 30.8. The van der Waals surface area contributed by atoms with Gasteiger partial charge in [-0.05, 0) is 12.8 Å². The van der Waals surface area contributed by atoms with Crippen LogP contribution in [0.1, 0.15) is 25.7 Å². The van der Waals surface area contributed by atoms with Gasteiger partial charge in [0.25, 0.3) is 0 Å². The number of fused-ring (bicyclic) bond motifs is 1. The Morgan fingerprint density at radius 3 is 2.82 bits per heavy atom. The summed E-state index contributed by atoms with van der Waals surface area (Å²) in [6, 6.07) is -0.0168. The first-order valence-corrected chi connectivity index (χ1v) is 7.92. The Labute approximate surface area is 107 Å². The zero-order valence-corrected chi connectivity index (χ0v) is 11.3. The van der Waals surface area contributed by atoms with E-state index in [9.17, 15) is 8.42 Å². The summed E-state index contributed by atoms with van der Waals surface area (Å²) in [5.41, 5.74) is 5.35. The molecular weight excluding hydrogens is 260 g/mol. The Bertz CT molecular complexity index is 394. The zero-order valence-electron chi connectivity index (χ0n) is 9.67.